The van der Waals surface area contributed by atoms with Gasteiger partial charge in [-0.2, -0.15) is 0 Å². The molecule has 0 aliphatic carbocycles. The summed E-state index contributed by atoms with van der Waals surface area (Å²) >= 11 is 1.68. The second-order valence-corrected chi connectivity index (χ2v) is 9.08. The van der Waals surface area contributed by atoms with Gasteiger partial charge in [0.25, 0.3) is 5.91 Å². The minimum Gasteiger partial charge on any atom is -0.493 e. The highest BCUT2D eigenvalue weighted by Gasteiger charge is 2.13. The summed E-state index contributed by atoms with van der Waals surface area (Å²) in [5.41, 5.74) is 4.56. The number of amides is 1. The lowest BCUT2D eigenvalue weighted by atomic mass is 10.1. The van der Waals surface area contributed by atoms with Crippen LogP contribution in [0.25, 0.3) is 20.8 Å². The number of aromatic nitrogens is 1. The first kappa shape index (κ1) is 21.1. The number of rotatable bonds is 7. The normalized spacial score (nSPS) is 11.1. The lowest BCUT2D eigenvalue weighted by Gasteiger charge is -2.12. The third-order valence-corrected chi connectivity index (χ3v) is 6.09. The zero-order valence-corrected chi connectivity index (χ0v) is 18.8. The second kappa shape index (κ2) is 9.31. The Kier molecular flexibility index (Phi) is 6.33. The van der Waals surface area contributed by atoms with Gasteiger partial charge in [-0.05, 0) is 73.4 Å². The molecule has 0 saturated carbocycles. The molecule has 0 fully saturated rings. The fourth-order valence-electron chi connectivity index (χ4n) is 3.23. The fraction of sp³-hybridized carbons (Fsp3) is 0.231. The molecule has 1 amide bonds. The number of fused-ring (bicyclic) bond motifs is 1. The van der Waals surface area contributed by atoms with Gasteiger partial charge in [-0.3, -0.25) is 4.79 Å². The number of aryl methyl sites for hydroxylation is 1. The van der Waals surface area contributed by atoms with E-state index < -0.39 is 0 Å². The number of hydrogen-bond donors (Lipinski definition) is 1. The average molecular weight is 431 g/mol. The molecule has 0 atom stereocenters. The van der Waals surface area contributed by atoms with E-state index >= 15 is 0 Å². The van der Waals surface area contributed by atoms with E-state index in [0.29, 0.717) is 23.8 Å². The number of benzene rings is 3. The number of anilines is 1. The highest BCUT2D eigenvalue weighted by Crippen LogP contribution is 2.31. The molecule has 0 unspecified atom stereocenters. The molecule has 3 aromatic carbocycles. The highest BCUT2D eigenvalue weighted by atomic mass is 32.1. The topological polar surface area (TPSA) is 51.2 Å². The van der Waals surface area contributed by atoms with Gasteiger partial charge >= 0.3 is 0 Å². The van der Waals surface area contributed by atoms with Crippen molar-refractivity contribution in [2.45, 2.75) is 27.2 Å². The third kappa shape index (κ3) is 5.12. The van der Waals surface area contributed by atoms with E-state index in [0.717, 1.165) is 28.2 Å². The Morgan fingerprint density at radius 3 is 2.61 bits per heavy atom. The predicted octanol–water partition coefficient (Wildman–Crippen LogP) is 6.95. The SMILES string of the molecule is Cc1ccc2nc(-c3ccc(NC(=O)c4ccccc4OCCC(C)C)cc3)sc2c1. The van der Waals surface area contributed by atoms with Crippen molar-refractivity contribution in [3.05, 3.63) is 77.9 Å². The first-order valence-electron chi connectivity index (χ1n) is 10.5. The Balaban J connectivity index is 1.47. The summed E-state index contributed by atoms with van der Waals surface area (Å²) in [6.45, 7) is 6.99. The van der Waals surface area contributed by atoms with Crippen LogP contribution in [0.3, 0.4) is 0 Å². The van der Waals surface area contributed by atoms with Crippen molar-refractivity contribution in [2.75, 3.05) is 11.9 Å². The van der Waals surface area contributed by atoms with Crippen molar-refractivity contribution in [1.82, 2.24) is 4.98 Å². The maximum atomic E-state index is 12.8. The number of nitrogens with one attached hydrogen (secondary N) is 1. The molecule has 1 aromatic heterocycles. The van der Waals surface area contributed by atoms with Crippen LogP contribution in [-0.4, -0.2) is 17.5 Å². The summed E-state index contributed by atoms with van der Waals surface area (Å²) in [6.07, 6.45) is 0.947. The van der Waals surface area contributed by atoms with E-state index in [-0.39, 0.29) is 5.91 Å². The van der Waals surface area contributed by atoms with Gasteiger partial charge in [0, 0.05) is 11.3 Å². The molecule has 158 valence electrons. The van der Waals surface area contributed by atoms with Crippen molar-refractivity contribution in [1.29, 1.82) is 0 Å². The van der Waals surface area contributed by atoms with E-state index in [9.17, 15) is 4.79 Å². The van der Waals surface area contributed by atoms with Gasteiger partial charge < -0.3 is 10.1 Å². The fourth-order valence-corrected chi connectivity index (χ4v) is 4.30. The van der Waals surface area contributed by atoms with E-state index in [4.69, 9.17) is 9.72 Å². The van der Waals surface area contributed by atoms with Gasteiger partial charge in [0.1, 0.15) is 10.8 Å². The van der Waals surface area contributed by atoms with E-state index in [1.807, 2.05) is 42.5 Å². The van der Waals surface area contributed by atoms with Gasteiger partial charge in [0.05, 0.1) is 22.4 Å². The molecule has 5 heteroatoms. The number of nitrogens with zero attached hydrogens (tertiary/aromatic N) is 1. The summed E-state index contributed by atoms with van der Waals surface area (Å²) in [6, 6.07) is 21.5. The number of para-hydroxylation sites is 1. The molecular weight excluding hydrogens is 404 g/mol. The Labute approximate surface area is 186 Å². The zero-order valence-electron chi connectivity index (χ0n) is 18.0. The minimum absolute atomic E-state index is 0.177. The first-order valence-corrected chi connectivity index (χ1v) is 11.3. The number of ether oxygens (including phenoxy) is 1. The van der Waals surface area contributed by atoms with Gasteiger partial charge in [0.2, 0.25) is 0 Å². The molecule has 4 aromatic rings. The lowest BCUT2D eigenvalue weighted by molar-refractivity contribution is 0.102. The Bertz CT molecular complexity index is 1200. The van der Waals surface area contributed by atoms with Crippen LogP contribution in [0.4, 0.5) is 5.69 Å². The largest absolute Gasteiger partial charge is 0.493 e. The Morgan fingerprint density at radius 1 is 1.06 bits per heavy atom. The molecule has 0 bridgehead atoms. The molecule has 0 radical (unpaired) electrons. The van der Waals surface area contributed by atoms with E-state index in [2.05, 4.69) is 44.3 Å². The average Bonchev–Trinajstić information content (AvgIpc) is 3.17. The maximum Gasteiger partial charge on any atom is 0.259 e. The standard InChI is InChI=1S/C26H26N2O2S/c1-17(2)14-15-30-23-7-5-4-6-21(23)25(29)27-20-11-9-19(10-12-20)26-28-22-13-8-18(3)16-24(22)31-26/h4-13,16-17H,14-15H2,1-3H3,(H,27,29). The smallest absolute Gasteiger partial charge is 0.259 e. The van der Waals surface area contributed by atoms with Crippen LogP contribution in [0.1, 0.15) is 36.2 Å². The zero-order chi connectivity index (χ0) is 21.8. The van der Waals surface area contributed by atoms with Gasteiger partial charge in [0.15, 0.2) is 0 Å². The molecule has 1 heterocycles. The predicted molar refractivity (Wildman–Crippen MR) is 129 cm³/mol. The second-order valence-electron chi connectivity index (χ2n) is 8.05. The number of carbonyl (C=O) groups excluding carboxylic acids is 1. The van der Waals surface area contributed by atoms with Gasteiger partial charge in [-0.1, -0.05) is 32.0 Å². The molecule has 4 nitrogen and oxygen atoms in total. The van der Waals surface area contributed by atoms with Crippen LogP contribution in [0.15, 0.2) is 66.7 Å². The number of hydrogen-bond acceptors (Lipinski definition) is 4. The van der Waals surface area contributed by atoms with Crippen LogP contribution in [-0.2, 0) is 0 Å². The first-order chi connectivity index (χ1) is 15.0. The quantitative estimate of drug-likeness (QED) is 0.345. The molecule has 0 aliphatic rings. The van der Waals surface area contributed by atoms with Crippen LogP contribution >= 0.6 is 11.3 Å². The van der Waals surface area contributed by atoms with Crippen LogP contribution in [0.2, 0.25) is 0 Å². The monoisotopic (exact) mass is 430 g/mol. The Hall–Kier alpha value is -3.18. The van der Waals surface area contributed by atoms with Crippen molar-refractivity contribution in [2.24, 2.45) is 5.92 Å². The molecule has 0 aliphatic heterocycles. The summed E-state index contributed by atoms with van der Waals surface area (Å²) in [5, 5.41) is 3.95. The van der Waals surface area contributed by atoms with Crippen molar-refractivity contribution >= 4 is 33.1 Å². The van der Waals surface area contributed by atoms with Crippen molar-refractivity contribution in [3.63, 3.8) is 0 Å². The van der Waals surface area contributed by atoms with Crippen LogP contribution < -0.4 is 10.1 Å². The molecular formula is C26H26N2O2S. The summed E-state index contributed by atoms with van der Waals surface area (Å²) in [7, 11) is 0. The number of thiazole rings is 1. The van der Waals surface area contributed by atoms with Crippen LogP contribution in [0.5, 0.6) is 5.75 Å². The molecule has 0 spiro atoms. The minimum atomic E-state index is -0.177. The van der Waals surface area contributed by atoms with Crippen molar-refractivity contribution in [3.8, 4) is 16.3 Å². The summed E-state index contributed by atoms with van der Waals surface area (Å²) in [5.74, 6) is 0.990. The van der Waals surface area contributed by atoms with Crippen molar-refractivity contribution < 1.29 is 9.53 Å². The molecule has 31 heavy (non-hydrogen) atoms. The van der Waals surface area contributed by atoms with Crippen LogP contribution in [0, 0.1) is 12.8 Å². The van der Waals surface area contributed by atoms with E-state index in [1.54, 1.807) is 17.4 Å². The van der Waals surface area contributed by atoms with Gasteiger partial charge in [-0.15, -0.1) is 11.3 Å². The number of carbonyl (C=O) groups is 1. The lowest BCUT2D eigenvalue weighted by Crippen LogP contribution is -2.14. The molecule has 1 N–H and O–H groups in total. The summed E-state index contributed by atoms with van der Waals surface area (Å²) in [4.78, 5) is 17.6. The third-order valence-electron chi connectivity index (χ3n) is 5.02. The summed E-state index contributed by atoms with van der Waals surface area (Å²) < 4.78 is 7.04. The van der Waals surface area contributed by atoms with Gasteiger partial charge in [-0.25, -0.2) is 4.98 Å². The molecule has 4 rings (SSSR count). The Morgan fingerprint density at radius 2 is 1.84 bits per heavy atom. The maximum absolute atomic E-state index is 12.8. The van der Waals surface area contributed by atoms with E-state index in [1.165, 1.54) is 10.3 Å². The highest BCUT2D eigenvalue weighted by molar-refractivity contribution is 7.21. The molecule has 0 saturated heterocycles.